The zero-order valence-electron chi connectivity index (χ0n) is 5.74. The SMILES string of the molecule is N#CC1(c2nnc(N)s2)CC1. The monoisotopic (exact) mass is 166 g/mol. The molecule has 2 rings (SSSR count). The lowest BCUT2D eigenvalue weighted by Gasteiger charge is -1.94. The predicted molar refractivity (Wildman–Crippen MR) is 40.8 cm³/mol. The van der Waals surface area contributed by atoms with Gasteiger partial charge in [-0.25, -0.2) is 0 Å². The Morgan fingerprint density at radius 1 is 1.55 bits per heavy atom. The maximum atomic E-state index is 8.77. The molecule has 56 valence electrons. The van der Waals surface area contributed by atoms with Crippen LogP contribution in [0.4, 0.5) is 5.13 Å². The van der Waals surface area contributed by atoms with Gasteiger partial charge >= 0.3 is 0 Å². The van der Waals surface area contributed by atoms with E-state index in [0.717, 1.165) is 17.8 Å². The standard InChI is InChI=1S/C6H6N4S/c7-3-6(1-2-6)4-9-10-5(8)11-4/h1-2H2,(H2,8,10). The second-order valence-corrected chi connectivity index (χ2v) is 3.65. The minimum atomic E-state index is -0.324. The van der Waals surface area contributed by atoms with E-state index in [1.165, 1.54) is 11.3 Å². The van der Waals surface area contributed by atoms with Crippen molar-refractivity contribution < 1.29 is 0 Å². The summed E-state index contributed by atoms with van der Waals surface area (Å²) in [7, 11) is 0. The molecule has 4 nitrogen and oxygen atoms in total. The summed E-state index contributed by atoms with van der Waals surface area (Å²) in [5.74, 6) is 0. The minimum absolute atomic E-state index is 0.324. The average molecular weight is 166 g/mol. The number of hydrogen-bond donors (Lipinski definition) is 1. The highest BCUT2D eigenvalue weighted by molar-refractivity contribution is 7.15. The molecule has 0 spiro atoms. The van der Waals surface area contributed by atoms with Gasteiger partial charge in [0, 0.05) is 0 Å². The maximum absolute atomic E-state index is 8.77. The van der Waals surface area contributed by atoms with Crippen LogP contribution in [0.5, 0.6) is 0 Å². The lowest BCUT2D eigenvalue weighted by molar-refractivity contribution is 0.854. The zero-order chi connectivity index (χ0) is 7.90. The van der Waals surface area contributed by atoms with Crippen molar-refractivity contribution in [1.29, 1.82) is 5.26 Å². The van der Waals surface area contributed by atoms with E-state index in [2.05, 4.69) is 16.3 Å². The second-order valence-electron chi connectivity index (χ2n) is 2.64. The van der Waals surface area contributed by atoms with Crippen LogP contribution in [0.2, 0.25) is 0 Å². The molecule has 0 radical (unpaired) electrons. The van der Waals surface area contributed by atoms with Crippen molar-refractivity contribution in [3.05, 3.63) is 5.01 Å². The summed E-state index contributed by atoms with van der Waals surface area (Å²) in [4.78, 5) is 0. The van der Waals surface area contributed by atoms with E-state index >= 15 is 0 Å². The van der Waals surface area contributed by atoms with Gasteiger partial charge in [-0.1, -0.05) is 11.3 Å². The summed E-state index contributed by atoms with van der Waals surface area (Å²) < 4.78 is 0. The van der Waals surface area contributed by atoms with Crippen LogP contribution >= 0.6 is 11.3 Å². The fourth-order valence-electron chi connectivity index (χ4n) is 0.926. The molecule has 0 unspecified atom stereocenters. The fourth-order valence-corrected chi connectivity index (χ4v) is 1.73. The highest BCUT2D eigenvalue weighted by Gasteiger charge is 2.48. The molecule has 0 aromatic carbocycles. The Kier molecular flexibility index (Phi) is 1.14. The lowest BCUT2D eigenvalue weighted by Crippen LogP contribution is -2.00. The molecule has 11 heavy (non-hydrogen) atoms. The second kappa shape index (κ2) is 1.92. The van der Waals surface area contributed by atoms with Crippen LogP contribution in [0.15, 0.2) is 0 Å². The number of anilines is 1. The van der Waals surface area contributed by atoms with E-state index in [-0.39, 0.29) is 5.41 Å². The summed E-state index contributed by atoms with van der Waals surface area (Å²) >= 11 is 1.31. The average Bonchev–Trinajstić information content (AvgIpc) is 2.70. The van der Waals surface area contributed by atoms with Crippen molar-refractivity contribution in [2.75, 3.05) is 5.73 Å². The summed E-state index contributed by atoms with van der Waals surface area (Å²) in [5, 5.41) is 17.5. The van der Waals surface area contributed by atoms with Gasteiger partial charge in [0.1, 0.15) is 10.4 Å². The molecule has 1 saturated carbocycles. The molecule has 1 heterocycles. The van der Waals surface area contributed by atoms with Crippen LogP contribution in [0.1, 0.15) is 17.8 Å². The molecule has 1 aromatic rings. The third kappa shape index (κ3) is 0.870. The normalized spacial score (nSPS) is 19.2. The van der Waals surface area contributed by atoms with Crippen LogP contribution in [0, 0.1) is 11.3 Å². The van der Waals surface area contributed by atoms with E-state index in [1.807, 2.05) is 0 Å². The van der Waals surface area contributed by atoms with Gasteiger partial charge in [-0.05, 0) is 12.8 Å². The maximum Gasteiger partial charge on any atom is 0.203 e. The molecular weight excluding hydrogens is 160 g/mol. The van der Waals surface area contributed by atoms with Gasteiger partial charge in [-0.15, -0.1) is 10.2 Å². The largest absolute Gasteiger partial charge is 0.374 e. The number of nitriles is 1. The van der Waals surface area contributed by atoms with Crippen LogP contribution in [0.25, 0.3) is 0 Å². The number of aromatic nitrogens is 2. The van der Waals surface area contributed by atoms with Crippen molar-refractivity contribution in [1.82, 2.24) is 10.2 Å². The lowest BCUT2D eigenvalue weighted by atomic mass is 10.1. The molecule has 5 heteroatoms. The van der Waals surface area contributed by atoms with Gasteiger partial charge in [0.25, 0.3) is 0 Å². The van der Waals surface area contributed by atoms with Crippen LogP contribution in [0.3, 0.4) is 0 Å². The Morgan fingerprint density at radius 3 is 2.64 bits per heavy atom. The minimum Gasteiger partial charge on any atom is -0.374 e. The molecule has 0 bridgehead atoms. The summed E-state index contributed by atoms with van der Waals surface area (Å²) in [5.41, 5.74) is 5.07. The molecule has 1 aliphatic carbocycles. The van der Waals surface area contributed by atoms with Gasteiger partial charge in [-0.3, -0.25) is 0 Å². The molecule has 0 atom stereocenters. The molecule has 1 fully saturated rings. The molecule has 0 aliphatic heterocycles. The van der Waals surface area contributed by atoms with Crippen LogP contribution in [-0.4, -0.2) is 10.2 Å². The van der Waals surface area contributed by atoms with Gasteiger partial charge in [0.15, 0.2) is 0 Å². The Hall–Kier alpha value is -1.15. The Morgan fingerprint density at radius 2 is 2.27 bits per heavy atom. The molecular formula is C6H6N4S. The first-order valence-electron chi connectivity index (χ1n) is 3.27. The third-order valence-electron chi connectivity index (χ3n) is 1.81. The van der Waals surface area contributed by atoms with E-state index in [4.69, 9.17) is 11.0 Å². The van der Waals surface area contributed by atoms with E-state index in [0.29, 0.717) is 5.13 Å². The van der Waals surface area contributed by atoms with E-state index < -0.39 is 0 Å². The van der Waals surface area contributed by atoms with E-state index in [1.54, 1.807) is 0 Å². The first-order valence-corrected chi connectivity index (χ1v) is 4.09. The highest BCUT2D eigenvalue weighted by atomic mass is 32.1. The molecule has 0 saturated heterocycles. The summed E-state index contributed by atoms with van der Waals surface area (Å²) in [6.07, 6.45) is 1.80. The number of nitrogen functional groups attached to an aromatic ring is 1. The van der Waals surface area contributed by atoms with Gasteiger partial charge < -0.3 is 5.73 Å². The number of rotatable bonds is 1. The van der Waals surface area contributed by atoms with Gasteiger partial charge in [0.05, 0.1) is 6.07 Å². The Balaban J connectivity index is 2.38. The first kappa shape index (κ1) is 6.55. The summed E-state index contributed by atoms with van der Waals surface area (Å²) in [6, 6.07) is 2.23. The van der Waals surface area contributed by atoms with Crippen molar-refractivity contribution in [3.8, 4) is 6.07 Å². The van der Waals surface area contributed by atoms with Crippen LogP contribution < -0.4 is 5.73 Å². The van der Waals surface area contributed by atoms with Crippen molar-refractivity contribution in [2.45, 2.75) is 18.3 Å². The van der Waals surface area contributed by atoms with Crippen molar-refractivity contribution in [2.24, 2.45) is 0 Å². The molecule has 0 amide bonds. The number of nitrogens with two attached hydrogens (primary N) is 1. The van der Waals surface area contributed by atoms with Gasteiger partial charge in [0.2, 0.25) is 5.13 Å². The quantitative estimate of drug-likeness (QED) is 0.665. The Labute approximate surface area is 67.7 Å². The third-order valence-corrected chi connectivity index (χ3v) is 2.77. The predicted octanol–water partition coefficient (Wildman–Crippen LogP) is 0.675. The first-order chi connectivity index (χ1) is 5.27. The highest BCUT2D eigenvalue weighted by Crippen LogP contribution is 2.48. The Bertz CT molecular complexity index is 320. The molecule has 1 aliphatic rings. The van der Waals surface area contributed by atoms with Crippen molar-refractivity contribution >= 4 is 16.5 Å². The zero-order valence-corrected chi connectivity index (χ0v) is 6.56. The van der Waals surface area contributed by atoms with Gasteiger partial charge in [-0.2, -0.15) is 5.26 Å². The van der Waals surface area contributed by atoms with Crippen molar-refractivity contribution in [3.63, 3.8) is 0 Å². The topological polar surface area (TPSA) is 75.6 Å². The smallest absolute Gasteiger partial charge is 0.203 e. The van der Waals surface area contributed by atoms with E-state index in [9.17, 15) is 0 Å². The summed E-state index contributed by atoms with van der Waals surface area (Å²) in [6.45, 7) is 0. The molecule has 2 N–H and O–H groups in total. The number of hydrogen-bond acceptors (Lipinski definition) is 5. The number of nitrogens with zero attached hydrogens (tertiary/aromatic N) is 3. The van der Waals surface area contributed by atoms with Crippen LogP contribution in [-0.2, 0) is 5.41 Å². The fraction of sp³-hybridized carbons (Fsp3) is 0.500. The molecule has 1 aromatic heterocycles.